The average molecular weight is 413 g/mol. The van der Waals surface area contributed by atoms with Crippen molar-refractivity contribution in [3.05, 3.63) is 76.6 Å². The van der Waals surface area contributed by atoms with Crippen LogP contribution in [0.25, 0.3) is 0 Å². The average Bonchev–Trinajstić information content (AvgIpc) is 3.18. The molecule has 7 heteroatoms. The van der Waals surface area contributed by atoms with Gasteiger partial charge in [-0.1, -0.05) is 41.4 Å². The van der Waals surface area contributed by atoms with E-state index in [1.807, 2.05) is 31.2 Å². The number of carbonyl (C=O) groups is 2. The second-order valence-corrected chi connectivity index (χ2v) is 6.88. The van der Waals surface area contributed by atoms with Gasteiger partial charge in [0.25, 0.3) is 11.7 Å². The number of halogens is 1. The standard InChI is InChI=1S/C22H21ClN2O4/c1-14-6-8-15(9-7-14)13-25-10-4-5-18(25)21(26)22(27)24-20-17(23)11-16(28-2)12-19(20)29-3/h4-12H,13H2,1-3H3,(H,24,27). The molecule has 0 aliphatic rings. The number of ketones is 1. The molecule has 1 N–H and O–H groups in total. The fraction of sp³-hybridized carbons (Fsp3) is 0.182. The highest BCUT2D eigenvalue weighted by molar-refractivity contribution is 6.47. The molecule has 0 bridgehead atoms. The third kappa shape index (κ3) is 4.60. The Morgan fingerprint density at radius 3 is 2.45 bits per heavy atom. The summed E-state index contributed by atoms with van der Waals surface area (Å²) in [6, 6.07) is 14.4. The van der Waals surface area contributed by atoms with Crippen LogP contribution < -0.4 is 14.8 Å². The Balaban J connectivity index is 1.81. The van der Waals surface area contributed by atoms with Crippen molar-refractivity contribution in [1.29, 1.82) is 0 Å². The van der Waals surface area contributed by atoms with E-state index in [0.29, 0.717) is 18.0 Å². The first kappa shape index (κ1) is 20.5. The largest absolute Gasteiger partial charge is 0.497 e. The molecule has 0 radical (unpaired) electrons. The van der Waals surface area contributed by atoms with Gasteiger partial charge in [-0.2, -0.15) is 0 Å². The first-order chi connectivity index (χ1) is 13.9. The highest BCUT2D eigenvalue weighted by Crippen LogP contribution is 2.36. The van der Waals surface area contributed by atoms with Crippen molar-refractivity contribution in [2.24, 2.45) is 0 Å². The number of aryl methyl sites for hydroxylation is 1. The van der Waals surface area contributed by atoms with E-state index in [0.717, 1.165) is 11.1 Å². The van der Waals surface area contributed by atoms with E-state index in [2.05, 4.69) is 5.32 Å². The zero-order valence-electron chi connectivity index (χ0n) is 16.4. The zero-order valence-corrected chi connectivity index (χ0v) is 17.1. The van der Waals surface area contributed by atoms with E-state index in [4.69, 9.17) is 21.1 Å². The summed E-state index contributed by atoms with van der Waals surface area (Å²) >= 11 is 6.23. The maximum atomic E-state index is 12.8. The first-order valence-corrected chi connectivity index (χ1v) is 9.28. The molecule has 0 saturated heterocycles. The highest BCUT2D eigenvalue weighted by Gasteiger charge is 2.23. The van der Waals surface area contributed by atoms with Crippen LogP contribution in [0.5, 0.6) is 11.5 Å². The van der Waals surface area contributed by atoms with E-state index >= 15 is 0 Å². The quantitative estimate of drug-likeness (QED) is 0.463. The number of anilines is 1. The number of amides is 1. The summed E-state index contributed by atoms with van der Waals surface area (Å²) in [5, 5.41) is 2.76. The van der Waals surface area contributed by atoms with E-state index < -0.39 is 11.7 Å². The smallest absolute Gasteiger partial charge is 0.298 e. The van der Waals surface area contributed by atoms with Crippen LogP contribution >= 0.6 is 11.6 Å². The van der Waals surface area contributed by atoms with Crippen LogP contribution in [-0.4, -0.2) is 30.5 Å². The summed E-state index contributed by atoms with van der Waals surface area (Å²) in [6.07, 6.45) is 1.77. The number of hydrogen-bond donors (Lipinski definition) is 1. The molecule has 29 heavy (non-hydrogen) atoms. The number of nitrogens with one attached hydrogen (secondary N) is 1. The Kier molecular flexibility index (Phi) is 6.24. The second-order valence-electron chi connectivity index (χ2n) is 6.48. The normalized spacial score (nSPS) is 10.5. The van der Waals surface area contributed by atoms with Gasteiger partial charge in [-0.25, -0.2) is 0 Å². The van der Waals surface area contributed by atoms with E-state index in [-0.39, 0.29) is 16.4 Å². The maximum Gasteiger partial charge on any atom is 0.298 e. The van der Waals surface area contributed by atoms with E-state index in [1.165, 1.54) is 20.3 Å². The summed E-state index contributed by atoms with van der Waals surface area (Å²) in [5.41, 5.74) is 2.68. The molecular weight excluding hydrogens is 392 g/mol. The van der Waals surface area contributed by atoms with Crippen LogP contribution in [-0.2, 0) is 11.3 Å². The Morgan fingerprint density at radius 1 is 1.07 bits per heavy atom. The Hall–Kier alpha value is -3.25. The molecule has 1 amide bonds. The lowest BCUT2D eigenvalue weighted by atomic mass is 10.1. The lowest BCUT2D eigenvalue weighted by Crippen LogP contribution is -2.25. The molecule has 0 unspecified atom stereocenters. The molecule has 0 aliphatic carbocycles. The lowest BCUT2D eigenvalue weighted by Gasteiger charge is -2.14. The van der Waals surface area contributed by atoms with Gasteiger partial charge in [-0.15, -0.1) is 0 Å². The van der Waals surface area contributed by atoms with Crippen LogP contribution in [0.1, 0.15) is 21.6 Å². The Bertz CT molecular complexity index is 1040. The number of nitrogens with zero attached hydrogens (tertiary/aromatic N) is 1. The van der Waals surface area contributed by atoms with Gasteiger partial charge in [0.15, 0.2) is 0 Å². The topological polar surface area (TPSA) is 69.6 Å². The van der Waals surface area contributed by atoms with Gasteiger partial charge in [0, 0.05) is 24.9 Å². The Labute approximate surface area is 174 Å². The van der Waals surface area contributed by atoms with Crippen molar-refractivity contribution in [2.45, 2.75) is 13.5 Å². The molecule has 0 spiro atoms. The second kappa shape index (κ2) is 8.84. The number of methoxy groups -OCH3 is 2. The van der Waals surface area contributed by atoms with Gasteiger partial charge in [0.1, 0.15) is 17.2 Å². The SMILES string of the molecule is COc1cc(Cl)c(NC(=O)C(=O)c2cccn2Cc2ccc(C)cc2)c(OC)c1. The van der Waals surface area contributed by atoms with Gasteiger partial charge < -0.3 is 19.4 Å². The minimum absolute atomic E-state index is 0.206. The molecule has 0 aliphatic heterocycles. The van der Waals surface area contributed by atoms with Gasteiger partial charge >= 0.3 is 0 Å². The number of benzene rings is 2. The van der Waals surface area contributed by atoms with Gasteiger partial charge in [-0.05, 0) is 24.6 Å². The van der Waals surface area contributed by atoms with Crippen molar-refractivity contribution in [2.75, 3.05) is 19.5 Å². The predicted octanol–water partition coefficient (Wildman–Crippen LogP) is 4.34. The molecule has 0 atom stereocenters. The molecule has 150 valence electrons. The van der Waals surface area contributed by atoms with Crippen LogP contribution in [0.3, 0.4) is 0 Å². The van der Waals surface area contributed by atoms with Gasteiger partial charge in [-0.3, -0.25) is 9.59 Å². The molecule has 1 aromatic heterocycles. The molecule has 1 heterocycles. The van der Waals surface area contributed by atoms with Crippen molar-refractivity contribution in [1.82, 2.24) is 4.57 Å². The number of carbonyl (C=O) groups excluding carboxylic acids is 2. The molecular formula is C22H21ClN2O4. The number of rotatable bonds is 7. The fourth-order valence-electron chi connectivity index (χ4n) is 2.89. The number of Topliss-reactive ketones (excluding diaryl/α,β-unsaturated/α-hetero) is 1. The van der Waals surface area contributed by atoms with Crippen molar-refractivity contribution in [3.8, 4) is 11.5 Å². The van der Waals surface area contributed by atoms with Crippen LogP contribution in [0, 0.1) is 6.92 Å². The third-order valence-electron chi connectivity index (χ3n) is 4.46. The number of aromatic nitrogens is 1. The molecule has 6 nitrogen and oxygen atoms in total. The molecule has 3 aromatic rings. The van der Waals surface area contributed by atoms with E-state index in [1.54, 1.807) is 29.0 Å². The molecule has 0 fully saturated rings. The van der Waals surface area contributed by atoms with Crippen molar-refractivity contribution in [3.63, 3.8) is 0 Å². The minimum atomic E-state index is -0.806. The van der Waals surface area contributed by atoms with E-state index in [9.17, 15) is 9.59 Å². The molecule has 3 rings (SSSR count). The third-order valence-corrected chi connectivity index (χ3v) is 4.76. The van der Waals surface area contributed by atoms with Gasteiger partial charge in [0.05, 0.1) is 24.9 Å². The molecule has 0 saturated carbocycles. The number of hydrogen-bond acceptors (Lipinski definition) is 4. The van der Waals surface area contributed by atoms with Gasteiger partial charge in [0.2, 0.25) is 0 Å². The highest BCUT2D eigenvalue weighted by atomic mass is 35.5. The van der Waals surface area contributed by atoms with Crippen LogP contribution in [0.2, 0.25) is 5.02 Å². The minimum Gasteiger partial charge on any atom is -0.497 e. The fourth-order valence-corrected chi connectivity index (χ4v) is 3.14. The summed E-state index contributed by atoms with van der Waals surface area (Å²) < 4.78 is 12.1. The molecule has 2 aromatic carbocycles. The Morgan fingerprint density at radius 2 is 1.79 bits per heavy atom. The lowest BCUT2D eigenvalue weighted by molar-refractivity contribution is -0.112. The summed E-state index contributed by atoms with van der Waals surface area (Å²) in [5.74, 6) is -0.705. The number of ether oxygens (including phenoxy) is 2. The summed E-state index contributed by atoms with van der Waals surface area (Å²) in [6.45, 7) is 2.49. The predicted molar refractivity (Wildman–Crippen MR) is 112 cm³/mol. The monoisotopic (exact) mass is 412 g/mol. The first-order valence-electron chi connectivity index (χ1n) is 8.90. The van der Waals surface area contributed by atoms with Crippen LogP contribution in [0.15, 0.2) is 54.7 Å². The maximum absolute atomic E-state index is 12.8. The summed E-state index contributed by atoms with van der Waals surface area (Å²) in [4.78, 5) is 25.4. The van der Waals surface area contributed by atoms with Crippen molar-refractivity contribution >= 4 is 29.0 Å². The summed E-state index contributed by atoms with van der Waals surface area (Å²) in [7, 11) is 2.93. The zero-order chi connectivity index (χ0) is 21.0. The van der Waals surface area contributed by atoms with Crippen molar-refractivity contribution < 1.29 is 19.1 Å². The van der Waals surface area contributed by atoms with Crippen LogP contribution in [0.4, 0.5) is 5.69 Å².